The first-order valence-corrected chi connectivity index (χ1v) is 7.75. The number of benzene rings is 2. The van der Waals surface area contributed by atoms with Gasteiger partial charge in [-0.25, -0.2) is 0 Å². The quantitative estimate of drug-likeness (QED) is 0.910. The lowest BCUT2D eigenvalue weighted by Gasteiger charge is -2.34. The fourth-order valence-corrected chi connectivity index (χ4v) is 3.05. The molecule has 4 heteroatoms. The first-order chi connectivity index (χ1) is 10.7. The van der Waals surface area contributed by atoms with E-state index in [2.05, 4.69) is 41.0 Å². The molecule has 1 heterocycles. The summed E-state index contributed by atoms with van der Waals surface area (Å²) in [5.41, 5.74) is 0.425. The lowest BCUT2D eigenvalue weighted by molar-refractivity contribution is -0.146. The molecule has 2 aromatic carbocycles. The Morgan fingerprint density at radius 2 is 1.91 bits per heavy atom. The van der Waals surface area contributed by atoms with Gasteiger partial charge in [0.15, 0.2) is 0 Å². The summed E-state index contributed by atoms with van der Waals surface area (Å²) < 4.78 is 5.55. The summed E-state index contributed by atoms with van der Waals surface area (Å²) in [5, 5.41) is 8.70. The molecule has 0 atom stereocenters. The average Bonchev–Trinajstić information content (AvgIpc) is 2.60. The van der Waals surface area contributed by atoms with E-state index in [9.17, 15) is 4.79 Å². The SMILES string of the molecule is COC1(C(=O)NCc2ccc3ccccc3c2)CCNCC1. The lowest BCUT2D eigenvalue weighted by atomic mass is 9.91. The van der Waals surface area contributed by atoms with E-state index in [1.54, 1.807) is 7.11 Å². The van der Waals surface area contributed by atoms with E-state index >= 15 is 0 Å². The topological polar surface area (TPSA) is 50.4 Å². The van der Waals surface area contributed by atoms with Crippen LogP contribution in [0.3, 0.4) is 0 Å². The summed E-state index contributed by atoms with van der Waals surface area (Å²) in [6.45, 7) is 2.16. The molecule has 1 fully saturated rings. The standard InChI is InChI=1S/C18H22N2O2/c1-22-18(8-10-19-11-9-18)17(21)20-13-14-6-7-15-4-2-3-5-16(15)12-14/h2-7,12,19H,8-11,13H2,1H3,(H,20,21). The Bertz CT molecular complexity index is 663. The van der Waals surface area contributed by atoms with Crippen LogP contribution in [0.15, 0.2) is 42.5 Å². The Balaban J connectivity index is 1.68. The molecular weight excluding hydrogens is 276 g/mol. The van der Waals surface area contributed by atoms with Crippen molar-refractivity contribution >= 4 is 16.7 Å². The van der Waals surface area contributed by atoms with Gasteiger partial charge in [0.25, 0.3) is 5.91 Å². The predicted molar refractivity (Wildman–Crippen MR) is 87.6 cm³/mol. The second-order valence-corrected chi connectivity index (χ2v) is 5.81. The Kier molecular flexibility index (Phi) is 4.41. The van der Waals surface area contributed by atoms with Crippen LogP contribution in [0.5, 0.6) is 0 Å². The molecule has 2 N–H and O–H groups in total. The van der Waals surface area contributed by atoms with Crippen LogP contribution in [-0.2, 0) is 16.1 Å². The summed E-state index contributed by atoms with van der Waals surface area (Å²) in [5.74, 6) is -0.00958. The third kappa shape index (κ3) is 2.98. The van der Waals surface area contributed by atoms with Gasteiger partial charge in [-0.3, -0.25) is 4.79 Å². The molecule has 1 saturated heterocycles. The molecule has 0 aromatic heterocycles. The van der Waals surface area contributed by atoms with Crippen molar-refractivity contribution in [2.75, 3.05) is 20.2 Å². The molecule has 4 nitrogen and oxygen atoms in total. The normalized spacial score (nSPS) is 17.3. The number of fused-ring (bicyclic) bond motifs is 1. The molecule has 0 bridgehead atoms. The van der Waals surface area contributed by atoms with E-state index in [4.69, 9.17) is 4.74 Å². The molecule has 1 aliphatic rings. The van der Waals surface area contributed by atoms with Gasteiger partial charge in [0.1, 0.15) is 5.60 Å². The van der Waals surface area contributed by atoms with Crippen molar-refractivity contribution < 1.29 is 9.53 Å². The molecule has 0 radical (unpaired) electrons. The summed E-state index contributed by atoms with van der Waals surface area (Å²) >= 11 is 0. The van der Waals surface area contributed by atoms with E-state index in [1.807, 2.05) is 12.1 Å². The fourth-order valence-electron chi connectivity index (χ4n) is 3.05. The maximum absolute atomic E-state index is 12.5. The highest BCUT2D eigenvalue weighted by Crippen LogP contribution is 2.23. The van der Waals surface area contributed by atoms with E-state index in [0.29, 0.717) is 19.4 Å². The van der Waals surface area contributed by atoms with Gasteiger partial charge in [0.05, 0.1) is 0 Å². The largest absolute Gasteiger partial charge is 0.368 e. The van der Waals surface area contributed by atoms with Gasteiger partial charge >= 0.3 is 0 Å². The van der Waals surface area contributed by atoms with Crippen molar-refractivity contribution in [2.45, 2.75) is 25.0 Å². The third-order valence-electron chi connectivity index (χ3n) is 4.48. The first kappa shape index (κ1) is 15.0. The number of rotatable bonds is 4. The number of ether oxygens (including phenoxy) is 1. The molecule has 0 saturated carbocycles. The van der Waals surface area contributed by atoms with Crippen molar-refractivity contribution in [2.24, 2.45) is 0 Å². The minimum atomic E-state index is -0.678. The van der Waals surface area contributed by atoms with Gasteiger partial charge < -0.3 is 15.4 Å². The van der Waals surface area contributed by atoms with Crippen LogP contribution in [0.4, 0.5) is 0 Å². The molecule has 3 rings (SSSR count). The van der Waals surface area contributed by atoms with Crippen molar-refractivity contribution in [3.8, 4) is 0 Å². The number of carbonyl (C=O) groups excluding carboxylic acids is 1. The molecule has 0 unspecified atom stereocenters. The Hall–Kier alpha value is -1.91. The number of nitrogens with one attached hydrogen (secondary N) is 2. The monoisotopic (exact) mass is 298 g/mol. The highest BCUT2D eigenvalue weighted by Gasteiger charge is 2.39. The van der Waals surface area contributed by atoms with Crippen LogP contribution >= 0.6 is 0 Å². The van der Waals surface area contributed by atoms with Gasteiger partial charge in [-0.2, -0.15) is 0 Å². The number of carbonyl (C=O) groups is 1. The number of hydrogen-bond acceptors (Lipinski definition) is 3. The van der Waals surface area contributed by atoms with Gasteiger partial charge in [0.2, 0.25) is 0 Å². The fraction of sp³-hybridized carbons (Fsp3) is 0.389. The zero-order valence-electron chi connectivity index (χ0n) is 12.9. The van der Waals surface area contributed by atoms with Crippen LogP contribution in [0.2, 0.25) is 0 Å². The summed E-state index contributed by atoms with van der Waals surface area (Å²) in [6, 6.07) is 14.5. The molecule has 116 valence electrons. The molecule has 2 aromatic rings. The van der Waals surface area contributed by atoms with E-state index in [1.165, 1.54) is 10.8 Å². The van der Waals surface area contributed by atoms with E-state index in [0.717, 1.165) is 18.7 Å². The van der Waals surface area contributed by atoms with Crippen molar-refractivity contribution in [1.29, 1.82) is 0 Å². The van der Waals surface area contributed by atoms with Gasteiger partial charge in [-0.15, -0.1) is 0 Å². The molecule has 1 aliphatic heterocycles. The summed E-state index contributed by atoms with van der Waals surface area (Å²) in [4.78, 5) is 12.5. The second-order valence-electron chi connectivity index (χ2n) is 5.81. The average molecular weight is 298 g/mol. The van der Waals surface area contributed by atoms with E-state index < -0.39 is 5.60 Å². The molecule has 0 aliphatic carbocycles. The van der Waals surface area contributed by atoms with Crippen molar-refractivity contribution in [1.82, 2.24) is 10.6 Å². The third-order valence-corrected chi connectivity index (χ3v) is 4.48. The number of piperidine rings is 1. The van der Waals surface area contributed by atoms with Gasteiger partial charge in [0, 0.05) is 13.7 Å². The minimum Gasteiger partial charge on any atom is -0.368 e. The number of hydrogen-bond donors (Lipinski definition) is 2. The van der Waals surface area contributed by atoms with Crippen LogP contribution in [0, 0.1) is 0 Å². The minimum absolute atomic E-state index is 0.00958. The Morgan fingerprint density at radius 3 is 2.64 bits per heavy atom. The van der Waals surface area contributed by atoms with Crippen LogP contribution in [0.25, 0.3) is 10.8 Å². The van der Waals surface area contributed by atoms with Crippen molar-refractivity contribution in [3.05, 3.63) is 48.0 Å². The maximum atomic E-state index is 12.5. The summed E-state index contributed by atoms with van der Waals surface area (Å²) in [6.07, 6.45) is 1.43. The highest BCUT2D eigenvalue weighted by atomic mass is 16.5. The zero-order chi connectivity index (χ0) is 15.4. The van der Waals surface area contributed by atoms with Crippen LogP contribution < -0.4 is 10.6 Å². The number of methoxy groups -OCH3 is 1. The van der Waals surface area contributed by atoms with Crippen molar-refractivity contribution in [3.63, 3.8) is 0 Å². The first-order valence-electron chi connectivity index (χ1n) is 7.75. The van der Waals surface area contributed by atoms with Gasteiger partial charge in [-0.1, -0.05) is 36.4 Å². The predicted octanol–water partition coefficient (Wildman–Crippen LogP) is 2.22. The van der Waals surface area contributed by atoms with Crippen LogP contribution in [0.1, 0.15) is 18.4 Å². The molecule has 0 spiro atoms. The van der Waals surface area contributed by atoms with E-state index in [-0.39, 0.29) is 5.91 Å². The Labute approximate surface area is 130 Å². The summed E-state index contributed by atoms with van der Waals surface area (Å²) in [7, 11) is 1.63. The smallest absolute Gasteiger partial charge is 0.252 e. The zero-order valence-corrected chi connectivity index (χ0v) is 12.9. The second kappa shape index (κ2) is 6.46. The lowest BCUT2D eigenvalue weighted by Crippen LogP contribution is -2.53. The molecular formula is C18H22N2O2. The maximum Gasteiger partial charge on any atom is 0.252 e. The number of amides is 1. The molecule has 22 heavy (non-hydrogen) atoms. The molecule has 1 amide bonds. The van der Waals surface area contributed by atoms with Gasteiger partial charge in [-0.05, 0) is 48.3 Å². The highest BCUT2D eigenvalue weighted by molar-refractivity contribution is 5.86. The van der Waals surface area contributed by atoms with Crippen LogP contribution in [-0.4, -0.2) is 31.7 Å². The Morgan fingerprint density at radius 1 is 1.18 bits per heavy atom.